The number of nitrogens with one attached hydrogen (secondary N) is 1. The second-order valence-corrected chi connectivity index (χ2v) is 6.10. The van der Waals surface area contributed by atoms with Gasteiger partial charge in [0.2, 0.25) is 5.91 Å². The SMILES string of the molecule is CC1CCC(NC(=O)CC2CCCCC2N)C1. The highest BCUT2D eigenvalue weighted by molar-refractivity contribution is 5.76. The second kappa shape index (κ2) is 5.85. The third-order valence-electron chi connectivity index (χ3n) is 4.48. The highest BCUT2D eigenvalue weighted by atomic mass is 16.1. The Labute approximate surface area is 105 Å². The van der Waals surface area contributed by atoms with Gasteiger partial charge in [-0.3, -0.25) is 4.79 Å². The van der Waals surface area contributed by atoms with E-state index in [2.05, 4.69) is 12.2 Å². The van der Waals surface area contributed by atoms with E-state index in [1.807, 2.05) is 0 Å². The first-order chi connectivity index (χ1) is 8.15. The van der Waals surface area contributed by atoms with Crippen molar-refractivity contribution in [3.8, 4) is 0 Å². The summed E-state index contributed by atoms with van der Waals surface area (Å²) in [6, 6.07) is 0.675. The van der Waals surface area contributed by atoms with Gasteiger partial charge in [-0.2, -0.15) is 0 Å². The third kappa shape index (κ3) is 3.70. The summed E-state index contributed by atoms with van der Waals surface area (Å²) in [5.41, 5.74) is 6.08. The van der Waals surface area contributed by atoms with Gasteiger partial charge in [0.25, 0.3) is 0 Å². The van der Waals surface area contributed by atoms with Crippen LogP contribution in [0.4, 0.5) is 0 Å². The van der Waals surface area contributed by atoms with Gasteiger partial charge in [-0.05, 0) is 43.9 Å². The molecular formula is C14H26N2O. The quantitative estimate of drug-likeness (QED) is 0.792. The van der Waals surface area contributed by atoms with Crippen LogP contribution in [0.2, 0.25) is 0 Å². The molecule has 98 valence electrons. The zero-order valence-electron chi connectivity index (χ0n) is 11.0. The molecule has 2 saturated carbocycles. The van der Waals surface area contributed by atoms with Gasteiger partial charge in [-0.1, -0.05) is 19.8 Å². The Morgan fingerprint density at radius 3 is 2.65 bits per heavy atom. The van der Waals surface area contributed by atoms with E-state index in [4.69, 9.17) is 5.73 Å². The van der Waals surface area contributed by atoms with Gasteiger partial charge in [0, 0.05) is 18.5 Å². The summed E-state index contributed by atoms with van der Waals surface area (Å²) in [4.78, 5) is 12.0. The van der Waals surface area contributed by atoms with E-state index >= 15 is 0 Å². The van der Waals surface area contributed by atoms with Gasteiger partial charge in [0.05, 0.1) is 0 Å². The van der Waals surface area contributed by atoms with Crippen LogP contribution in [0.5, 0.6) is 0 Å². The number of carbonyl (C=O) groups excluding carboxylic acids is 1. The average molecular weight is 238 g/mol. The Morgan fingerprint density at radius 1 is 1.24 bits per heavy atom. The molecule has 2 fully saturated rings. The van der Waals surface area contributed by atoms with Gasteiger partial charge in [-0.15, -0.1) is 0 Å². The average Bonchev–Trinajstić information content (AvgIpc) is 2.67. The minimum Gasteiger partial charge on any atom is -0.353 e. The minimum absolute atomic E-state index is 0.228. The lowest BCUT2D eigenvalue weighted by Crippen LogP contribution is -2.39. The fourth-order valence-corrected chi connectivity index (χ4v) is 3.35. The third-order valence-corrected chi connectivity index (χ3v) is 4.48. The monoisotopic (exact) mass is 238 g/mol. The number of nitrogens with two attached hydrogens (primary N) is 1. The van der Waals surface area contributed by atoms with Gasteiger partial charge in [-0.25, -0.2) is 0 Å². The van der Waals surface area contributed by atoms with Crippen molar-refractivity contribution < 1.29 is 4.79 Å². The molecule has 3 N–H and O–H groups in total. The van der Waals surface area contributed by atoms with Gasteiger partial charge >= 0.3 is 0 Å². The lowest BCUT2D eigenvalue weighted by atomic mass is 9.83. The van der Waals surface area contributed by atoms with E-state index in [1.54, 1.807) is 0 Å². The summed E-state index contributed by atoms with van der Waals surface area (Å²) in [5, 5.41) is 3.18. The maximum Gasteiger partial charge on any atom is 0.220 e. The van der Waals surface area contributed by atoms with E-state index in [-0.39, 0.29) is 11.9 Å². The predicted octanol–water partition coefficient (Wildman–Crippen LogP) is 2.20. The first-order valence-corrected chi connectivity index (χ1v) is 7.20. The van der Waals surface area contributed by atoms with Crippen LogP contribution in [0.1, 0.15) is 58.3 Å². The van der Waals surface area contributed by atoms with Crippen molar-refractivity contribution >= 4 is 5.91 Å². The van der Waals surface area contributed by atoms with Crippen molar-refractivity contribution in [2.24, 2.45) is 17.6 Å². The Kier molecular flexibility index (Phi) is 4.43. The van der Waals surface area contributed by atoms with Crippen molar-refractivity contribution in [1.29, 1.82) is 0 Å². The van der Waals surface area contributed by atoms with Crippen LogP contribution in [0, 0.1) is 11.8 Å². The van der Waals surface area contributed by atoms with E-state index in [9.17, 15) is 4.79 Å². The Bertz CT molecular complexity index is 267. The maximum atomic E-state index is 12.0. The minimum atomic E-state index is 0.228. The molecule has 0 saturated heterocycles. The van der Waals surface area contributed by atoms with Gasteiger partial charge in [0.1, 0.15) is 0 Å². The molecule has 3 heteroatoms. The molecule has 0 bridgehead atoms. The van der Waals surface area contributed by atoms with E-state index < -0.39 is 0 Å². The van der Waals surface area contributed by atoms with Crippen molar-refractivity contribution in [2.45, 2.75) is 70.4 Å². The van der Waals surface area contributed by atoms with Crippen LogP contribution < -0.4 is 11.1 Å². The van der Waals surface area contributed by atoms with Crippen molar-refractivity contribution in [1.82, 2.24) is 5.32 Å². The highest BCUT2D eigenvalue weighted by Gasteiger charge is 2.27. The molecule has 17 heavy (non-hydrogen) atoms. The molecule has 3 nitrogen and oxygen atoms in total. The molecule has 2 aliphatic carbocycles. The summed E-state index contributed by atoms with van der Waals surface area (Å²) in [7, 11) is 0. The highest BCUT2D eigenvalue weighted by Crippen LogP contribution is 2.27. The molecule has 4 unspecified atom stereocenters. The molecule has 0 aliphatic heterocycles. The molecule has 2 aliphatic rings. The summed E-state index contributed by atoms with van der Waals surface area (Å²) in [6.07, 6.45) is 8.92. The zero-order valence-corrected chi connectivity index (χ0v) is 11.0. The fraction of sp³-hybridized carbons (Fsp3) is 0.929. The van der Waals surface area contributed by atoms with Crippen molar-refractivity contribution in [3.63, 3.8) is 0 Å². The standard InChI is InChI=1S/C14H26N2O/c1-10-6-7-12(8-10)16-14(17)9-11-4-2-3-5-13(11)15/h10-13H,2-9,15H2,1H3,(H,16,17). The predicted molar refractivity (Wildman–Crippen MR) is 69.5 cm³/mol. The molecule has 1 amide bonds. The van der Waals surface area contributed by atoms with Crippen molar-refractivity contribution in [3.05, 3.63) is 0 Å². The van der Waals surface area contributed by atoms with E-state index in [1.165, 1.54) is 19.3 Å². The van der Waals surface area contributed by atoms with E-state index in [0.717, 1.165) is 31.6 Å². The van der Waals surface area contributed by atoms with Gasteiger partial charge in [0.15, 0.2) is 0 Å². The Hall–Kier alpha value is -0.570. The normalized spacial score (nSPS) is 38.0. The van der Waals surface area contributed by atoms with Crippen LogP contribution in [0.15, 0.2) is 0 Å². The number of hydrogen-bond acceptors (Lipinski definition) is 2. The summed E-state index contributed by atoms with van der Waals surface area (Å²) in [6.45, 7) is 2.27. The first kappa shape index (κ1) is 12.9. The lowest BCUT2D eigenvalue weighted by molar-refractivity contribution is -0.123. The van der Waals surface area contributed by atoms with E-state index in [0.29, 0.717) is 18.4 Å². The molecule has 2 rings (SSSR count). The lowest BCUT2D eigenvalue weighted by Gasteiger charge is -2.28. The molecule has 0 aromatic rings. The second-order valence-electron chi connectivity index (χ2n) is 6.10. The first-order valence-electron chi connectivity index (χ1n) is 7.20. The largest absolute Gasteiger partial charge is 0.353 e. The molecular weight excluding hydrogens is 212 g/mol. The van der Waals surface area contributed by atoms with Gasteiger partial charge < -0.3 is 11.1 Å². The molecule has 0 aromatic carbocycles. The smallest absolute Gasteiger partial charge is 0.220 e. The zero-order chi connectivity index (χ0) is 12.3. The van der Waals surface area contributed by atoms with Crippen LogP contribution in [-0.4, -0.2) is 18.0 Å². The Balaban J connectivity index is 1.73. The van der Waals surface area contributed by atoms with Crippen LogP contribution in [0.3, 0.4) is 0 Å². The topological polar surface area (TPSA) is 55.1 Å². The number of carbonyl (C=O) groups is 1. The molecule has 0 aromatic heterocycles. The Morgan fingerprint density at radius 2 is 2.00 bits per heavy atom. The van der Waals surface area contributed by atoms with Crippen LogP contribution in [-0.2, 0) is 4.79 Å². The van der Waals surface area contributed by atoms with Crippen molar-refractivity contribution in [2.75, 3.05) is 0 Å². The number of rotatable bonds is 3. The maximum absolute atomic E-state index is 12.0. The van der Waals surface area contributed by atoms with Crippen LogP contribution in [0.25, 0.3) is 0 Å². The number of amides is 1. The summed E-state index contributed by atoms with van der Waals surface area (Å²) >= 11 is 0. The molecule has 0 spiro atoms. The fourth-order valence-electron chi connectivity index (χ4n) is 3.35. The summed E-state index contributed by atoms with van der Waals surface area (Å²) in [5.74, 6) is 1.42. The number of hydrogen-bond donors (Lipinski definition) is 2. The van der Waals surface area contributed by atoms with Crippen LogP contribution >= 0.6 is 0 Å². The summed E-state index contributed by atoms with van der Waals surface area (Å²) < 4.78 is 0. The molecule has 4 atom stereocenters. The molecule has 0 radical (unpaired) electrons. The molecule has 0 heterocycles.